The minimum Gasteiger partial charge on any atom is -0.387 e. The molecule has 0 bridgehead atoms. The van der Waals surface area contributed by atoms with Crippen LogP contribution in [0.25, 0.3) is 0 Å². The van der Waals surface area contributed by atoms with Crippen LogP contribution in [0, 0.1) is 0 Å². The Morgan fingerprint density at radius 1 is 1.23 bits per heavy atom. The van der Waals surface area contributed by atoms with Crippen LogP contribution >= 0.6 is 0 Å². The smallest absolute Gasteiger partial charge is 0.262 e. The number of carbonyl (C=O) groups excluding carboxylic acids is 4. The third-order valence-corrected chi connectivity index (χ3v) is 6.09. The number of fused-ring (bicyclic) bond motifs is 1. The molecule has 0 radical (unpaired) electrons. The SMILES string of the molecule is CNCC1(O)CCCN(Cc2cccc3c2C(=O)N(C2CCC(=O)NC2=O)C3=O)C1. The van der Waals surface area contributed by atoms with Crippen LogP contribution in [-0.2, 0) is 16.1 Å². The first kappa shape index (κ1) is 20.6. The minimum atomic E-state index is -0.973. The van der Waals surface area contributed by atoms with Crippen LogP contribution < -0.4 is 10.6 Å². The molecule has 4 amide bonds. The van der Waals surface area contributed by atoms with Gasteiger partial charge < -0.3 is 10.4 Å². The summed E-state index contributed by atoms with van der Waals surface area (Å²) in [7, 11) is 1.80. The summed E-state index contributed by atoms with van der Waals surface area (Å²) >= 11 is 0. The lowest BCUT2D eigenvalue weighted by Gasteiger charge is -2.39. The molecule has 0 aliphatic carbocycles. The predicted octanol–water partition coefficient (Wildman–Crippen LogP) is -0.366. The van der Waals surface area contributed by atoms with E-state index in [1.165, 1.54) is 0 Å². The maximum Gasteiger partial charge on any atom is 0.262 e. The molecule has 9 heteroatoms. The fourth-order valence-electron chi connectivity index (χ4n) is 4.77. The zero-order chi connectivity index (χ0) is 21.5. The van der Waals surface area contributed by atoms with Crippen molar-refractivity contribution in [2.45, 2.75) is 43.9 Å². The van der Waals surface area contributed by atoms with Crippen LogP contribution in [0.1, 0.15) is 52.0 Å². The Morgan fingerprint density at radius 3 is 2.77 bits per heavy atom. The molecule has 3 aliphatic rings. The number of nitrogens with one attached hydrogen (secondary N) is 2. The Labute approximate surface area is 174 Å². The van der Waals surface area contributed by atoms with Crippen LogP contribution in [0.4, 0.5) is 0 Å². The van der Waals surface area contributed by atoms with Crippen LogP contribution in [-0.4, -0.2) is 76.9 Å². The van der Waals surface area contributed by atoms with Crippen molar-refractivity contribution in [2.24, 2.45) is 0 Å². The monoisotopic (exact) mass is 414 g/mol. The Hall–Kier alpha value is -2.62. The molecule has 3 heterocycles. The number of aliphatic hydroxyl groups is 1. The summed E-state index contributed by atoms with van der Waals surface area (Å²) in [5.74, 6) is -2.01. The summed E-state index contributed by atoms with van der Waals surface area (Å²) in [6.45, 7) is 2.17. The molecule has 4 rings (SSSR count). The van der Waals surface area contributed by atoms with E-state index in [-0.39, 0.29) is 18.4 Å². The second kappa shape index (κ2) is 7.90. The molecule has 1 aromatic carbocycles. The molecular weight excluding hydrogens is 388 g/mol. The molecule has 3 N–H and O–H groups in total. The van der Waals surface area contributed by atoms with E-state index in [2.05, 4.69) is 15.5 Å². The van der Waals surface area contributed by atoms with Gasteiger partial charge in [-0.2, -0.15) is 0 Å². The fourth-order valence-corrected chi connectivity index (χ4v) is 4.77. The maximum absolute atomic E-state index is 13.2. The highest BCUT2D eigenvalue weighted by molar-refractivity contribution is 6.24. The first-order chi connectivity index (χ1) is 14.3. The van der Waals surface area contributed by atoms with Crippen molar-refractivity contribution in [3.8, 4) is 0 Å². The van der Waals surface area contributed by atoms with Crippen LogP contribution in [0.5, 0.6) is 0 Å². The number of rotatable bonds is 5. The normalized spacial score (nSPS) is 27.4. The van der Waals surface area contributed by atoms with E-state index >= 15 is 0 Å². The van der Waals surface area contributed by atoms with Crippen LogP contribution in [0.15, 0.2) is 18.2 Å². The molecule has 0 spiro atoms. The van der Waals surface area contributed by atoms with Crippen molar-refractivity contribution >= 4 is 23.6 Å². The molecule has 2 fully saturated rings. The third-order valence-electron chi connectivity index (χ3n) is 6.09. The molecule has 3 aliphatic heterocycles. The van der Waals surface area contributed by atoms with Crippen molar-refractivity contribution < 1.29 is 24.3 Å². The Balaban J connectivity index is 1.58. The van der Waals surface area contributed by atoms with Gasteiger partial charge in [-0.25, -0.2) is 0 Å². The molecule has 30 heavy (non-hydrogen) atoms. The van der Waals surface area contributed by atoms with E-state index in [4.69, 9.17) is 0 Å². The topological polar surface area (TPSA) is 119 Å². The summed E-state index contributed by atoms with van der Waals surface area (Å²) in [6, 6.07) is 4.16. The summed E-state index contributed by atoms with van der Waals surface area (Å²) in [6.07, 6.45) is 1.77. The number of hydrogen-bond donors (Lipinski definition) is 3. The molecule has 2 atom stereocenters. The van der Waals surface area contributed by atoms with Crippen molar-refractivity contribution in [1.29, 1.82) is 0 Å². The van der Waals surface area contributed by atoms with Gasteiger partial charge in [0.1, 0.15) is 6.04 Å². The van der Waals surface area contributed by atoms with Gasteiger partial charge in [-0.1, -0.05) is 12.1 Å². The van der Waals surface area contributed by atoms with Gasteiger partial charge in [-0.05, 0) is 44.5 Å². The van der Waals surface area contributed by atoms with Crippen molar-refractivity contribution in [3.63, 3.8) is 0 Å². The highest BCUT2D eigenvalue weighted by atomic mass is 16.3. The third kappa shape index (κ3) is 3.64. The lowest BCUT2D eigenvalue weighted by molar-refractivity contribution is -0.136. The molecule has 1 aromatic rings. The average Bonchev–Trinajstić information content (AvgIpc) is 2.94. The number of nitrogens with zero attached hydrogens (tertiary/aromatic N) is 2. The standard InChI is InChI=1S/C21H26N4O5/c1-22-11-21(30)8-3-9-24(12-21)10-13-4-2-5-14-17(13)20(29)25(19(14)28)15-6-7-16(26)23-18(15)27/h2,4-5,15,22,30H,3,6-12H2,1H3,(H,23,26,27). The van der Waals surface area contributed by atoms with E-state index in [1.807, 2.05) is 6.07 Å². The van der Waals surface area contributed by atoms with Crippen molar-refractivity contribution in [3.05, 3.63) is 34.9 Å². The molecule has 9 nitrogen and oxygen atoms in total. The summed E-state index contributed by atoms with van der Waals surface area (Å²) in [5, 5.41) is 16.0. The second-order valence-electron chi connectivity index (χ2n) is 8.36. The fraction of sp³-hybridized carbons (Fsp3) is 0.524. The number of piperidine rings is 2. The second-order valence-corrected chi connectivity index (χ2v) is 8.36. The number of amides is 4. The summed E-state index contributed by atoms with van der Waals surface area (Å²) in [5.41, 5.74) is 0.470. The maximum atomic E-state index is 13.2. The van der Waals surface area contributed by atoms with Crippen LogP contribution in [0.2, 0.25) is 0 Å². The van der Waals surface area contributed by atoms with Gasteiger partial charge in [-0.3, -0.25) is 34.3 Å². The highest BCUT2D eigenvalue weighted by Crippen LogP contribution is 2.31. The van der Waals surface area contributed by atoms with Gasteiger partial charge >= 0.3 is 0 Å². The average molecular weight is 414 g/mol. The molecule has 2 unspecified atom stereocenters. The van der Waals surface area contributed by atoms with Gasteiger partial charge in [0.05, 0.1) is 16.7 Å². The summed E-state index contributed by atoms with van der Waals surface area (Å²) in [4.78, 5) is 52.9. The van der Waals surface area contributed by atoms with E-state index in [0.29, 0.717) is 37.2 Å². The summed E-state index contributed by atoms with van der Waals surface area (Å²) < 4.78 is 0. The van der Waals surface area contributed by atoms with Crippen molar-refractivity contribution in [1.82, 2.24) is 20.4 Å². The number of β-amino-alcohol motifs (C(OH)–C–C–N with tert-alkyl or cyclic N) is 1. The van der Waals surface area contributed by atoms with Gasteiger partial charge in [0.25, 0.3) is 11.8 Å². The Morgan fingerprint density at radius 2 is 2.03 bits per heavy atom. The van der Waals surface area contributed by atoms with Gasteiger partial charge in [0.15, 0.2) is 0 Å². The molecule has 160 valence electrons. The number of hydrogen-bond acceptors (Lipinski definition) is 7. The number of imide groups is 2. The van der Waals surface area contributed by atoms with Crippen LogP contribution in [0.3, 0.4) is 0 Å². The number of benzene rings is 1. The largest absolute Gasteiger partial charge is 0.387 e. The number of likely N-dealkylation sites (tertiary alicyclic amines) is 1. The first-order valence-electron chi connectivity index (χ1n) is 10.3. The number of carbonyl (C=O) groups is 4. The van der Waals surface area contributed by atoms with E-state index in [1.54, 1.807) is 19.2 Å². The Bertz CT molecular complexity index is 913. The quantitative estimate of drug-likeness (QED) is 0.563. The molecule has 0 saturated carbocycles. The molecular formula is C21H26N4O5. The van der Waals surface area contributed by atoms with Gasteiger partial charge in [-0.15, -0.1) is 0 Å². The molecule has 0 aromatic heterocycles. The van der Waals surface area contributed by atoms with Crippen molar-refractivity contribution in [2.75, 3.05) is 26.7 Å². The zero-order valence-electron chi connectivity index (χ0n) is 16.9. The predicted molar refractivity (Wildman–Crippen MR) is 107 cm³/mol. The van der Waals surface area contributed by atoms with E-state index in [0.717, 1.165) is 17.9 Å². The van der Waals surface area contributed by atoms with Gasteiger partial charge in [0, 0.05) is 26.1 Å². The minimum absolute atomic E-state index is 0.0918. The zero-order valence-corrected chi connectivity index (χ0v) is 16.9. The highest BCUT2D eigenvalue weighted by Gasteiger charge is 2.45. The lowest BCUT2D eigenvalue weighted by atomic mass is 9.92. The Kier molecular flexibility index (Phi) is 5.44. The first-order valence-corrected chi connectivity index (χ1v) is 10.3. The van der Waals surface area contributed by atoms with E-state index < -0.39 is 35.3 Å². The van der Waals surface area contributed by atoms with Gasteiger partial charge in [0.2, 0.25) is 11.8 Å². The number of likely N-dealkylation sites (N-methyl/N-ethyl adjacent to an activating group) is 1. The lowest BCUT2D eigenvalue weighted by Crippen LogP contribution is -2.54. The van der Waals surface area contributed by atoms with E-state index in [9.17, 15) is 24.3 Å². The molecule has 2 saturated heterocycles.